The Morgan fingerprint density at radius 3 is 2.47 bits per heavy atom. The van der Waals surface area contributed by atoms with Crippen LogP contribution in [0, 0.1) is 0 Å². The maximum absolute atomic E-state index is 4.23. The van der Waals surface area contributed by atoms with Crippen molar-refractivity contribution in [3.8, 4) is 0 Å². The summed E-state index contributed by atoms with van der Waals surface area (Å²) in [4.78, 5) is 4.23. The van der Waals surface area contributed by atoms with E-state index >= 15 is 0 Å². The van der Waals surface area contributed by atoms with E-state index in [0.29, 0.717) is 5.92 Å². The quantitative estimate of drug-likeness (QED) is 0.872. The van der Waals surface area contributed by atoms with Crippen LogP contribution >= 0.6 is 0 Å². The van der Waals surface area contributed by atoms with Gasteiger partial charge >= 0.3 is 0 Å². The minimum absolute atomic E-state index is 0.589. The average molecular weight is 229 g/mol. The Morgan fingerprint density at radius 1 is 1.24 bits per heavy atom. The molecule has 0 aliphatic heterocycles. The molecule has 0 spiro atoms. The van der Waals surface area contributed by atoms with Crippen LogP contribution in [0.4, 0.5) is 5.95 Å². The molecule has 0 fully saturated rings. The van der Waals surface area contributed by atoms with Crippen molar-refractivity contribution in [2.24, 2.45) is 7.05 Å². The van der Waals surface area contributed by atoms with Gasteiger partial charge in [-0.25, -0.2) is 4.98 Å². The summed E-state index contributed by atoms with van der Waals surface area (Å²) >= 11 is 0. The van der Waals surface area contributed by atoms with Crippen molar-refractivity contribution in [3.05, 3.63) is 47.8 Å². The molecule has 17 heavy (non-hydrogen) atoms. The van der Waals surface area contributed by atoms with Crippen molar-refractivity contribution in [2.75, 3.05) is 5.32 Å². The molecule has 1 aromatic carbocycles. The third-order valence-electron chi connectivity index (χ3n) is 2.92. The molecular formula is C14H19N3. The van der Waals surface area contributed by atoms with Gasteiger partial charge in [-0.05, 0) is 17.0 Å². The smallest absolute Gasteiger partial charge is 0.202 e. The summed E-state index contributed by atoms with van der Waals surface area (Å²) in [5, 5.41) is 3.31. The predicted octanol–water partition coefficient (Wildman–Crippen LogP) is 3.16. The zero-order chi connectivity index (χ0) is 12.3. The van der Waals surface area contributed by atoms with Crippen molar-refractivity contribution in [1.29, 1.82) is 0 Å². The lowest BCUT2D eigenvalue weighted by Gasteiger charge is -2.08. The van der Waals surface area contributed by atoms with Gasteiger partial charge in [0, 0.05) is 26.0 Å². The predicted molar refractivity (Wildman–Crippen MR) is 71.1 cm³/mol. The number of aromatic nitrogens is 2. The van der Waals surface area contributed by atoms with Crippen molar-refractivity contribution in [3.63, 3.8) is 0 Å². The minimum atomic E-state index is 0.589. The van der Waals surface area contributed by atoms with E-state index in [9.17, 15) is 0 Å². The van der Waals surface area contributed by atoms with Crippen LogP contribution in [0.3, 0.4) is 0 Å². The molecule has 2 aromatic rings. The monoisotopic (exact) mass is 229 g/mol. The summed E-state index contributed by atoms with van der Waals surface area (Å²) in [6.07, 6.45) is 3.73. The highest BCUT2D eigenvalue weighted by molar-refractivity contribution is 5.30. The Hall–Kier alpha value is -1.77. The summed E-state index contributed by atoms with van der Waals surface area (Å²) in [6, 6.07) is 8.73. The fourth-order valence-electron chi connectivity index (χ4n) is 1.74. The summed E-state index contributed by atoms with van der Waals surface area (Å²) in [7, 11) is 1.98. The maximum atomic E-state index is 4.23. The Labute approximate surface area is 103 Å². The summed E-state index contributed by atoms with van der Waals surface area (Å²) in [5.74, 6) is 1.49. The topological polar surface area (TPSA) is 29.9 Å². The first kappa shape index (κ1) is 11.7. The molecule has 0 amide bonds. The van der Waals surface area contributed by atoms with Crippen molar-refractivity contribution >= 4 is 5.95 Å². The largest absolute Gasteiger partial charge is 0.352 e. The molecule has 0 atom stereocenters. The molecule has 3 nitrogen and oxygen atoms in total. The molecule has 1 N–H and O–H groups in total. The Bertz CT molecular complexity index is 468. The van der Waals surface area contributed by atoms with Gasteiger partial charge in [0.1, 0.15) is 0 Å². The van der Waals surface area contributed by atoms with E-state index in [2.05, 4.69) is 48.4 Å². The molecule has 2 rings (SSSR count). The van der Waals surface area contributed by atoms with E-state index in [1.807, 2.05) is 17.8 Å². The molecule has 1 aromatic heterocycles. The summed E-state index contributed by atoms with van der Waals surface area (Å²) < 4.78 is 1.97. The SMILES string of the molecule is CC(C)c1ccc(CNc2nccn2C)cc1. The van der Waals surface area contributed by atoms with Crippen molar-refractivity contribution in [2.45, 2.75) is 26.3 Å². The Kier molecular flexibility index (Phi) is 3.47. The molecule has 3 heteroatoms. The van der Waals surface area contributed by atoms with Crippen LogP contribution in [0.2, 0.25) is 0 Å². The van der Waals surface area contributed by atoms with E-state index in [-0.39, 0.29) is 0 Å². The van der Waals surface area contributed by atoms with E-state index in [1.165, 1.54) is 11.1 Å². The molecule has 0 aliphatic rings. The zero-order valence-electron chi connectivity index (χ0n) is 10.6. The second kappa shape index (κ2) is 5.04. The third kappa shape index (κ3) is 2.87. The van der Waals surface area contributed by atoms with Gasteiger partial charge in [0.2, 0.25) is 5.95 Å². The third-order valence-corrected chi connectivity index (χ3v) is 2.92. The minimum Gasteiger partial charge on any atom is -0.352 e. The lowest BCUT2D eigenvalue weighted by Crippen LogP contribution is -2.04. The molecule has 1 heterocycles. The van der Waals surface area contributed by atoms with Crippen LogP contribution in [0.5, 0.6) is 0 Å². The lowest BCUT2D eigenvalue weighted by atomic mass is 10.0. The number of imidazole rings is 1. The van der Waals surface area contributed by atoms with Gasteiger partial charge in [-0.2, -0.15) is 0 Å². The molecule has 0 saturated carbocycles. The van der Waals surface area contributed by atoms with Gasteiger partial charge < -0.3 is 9.88 Å². The van der Waals surface area contributed by atoms with Crippen LogP contribution in [-0.4, -0.2) is 9.55 Å². The number of hydrogen-bond donors (Lipinski definition) is 1. The number of aryl methyl sites for hydroxylation is 1. The number of hydrogen-bond acceptors (Lipinski definition) is 2. The van der Waals surface area contributed by atoms with E-state index in [4.69, 9.17) is 0 Å². The first-order chi connectivity index (χ1) is 8.16. The molecular weight excluding hydrogens is 210 g/mol. The van der Waals surface area contributed by atoms with E-state index in [0.717, 1.165) is 12.5 Å². The maximum Gasteiger partial charge on any atom is 0.202 e. The molecule has 0 aliphatic carbocycles. The molecule has 0 bridgehead atoms. The van der Waals surface area contributed by atoms with Gasteiger partial charge in [-0.1, -0.05) is 38.1 Å². The molecule has 90 valence electrons. The van der Waals surface area contributed by atoms with Crippen LogP contribution in [0.25, 0.3) is 0 Å². The highest BCUT2D eigenvalue weighted by Crippen LogP contribution is 2.15. The van der Waals surface area contributed by atoms with Gasteiger partial charge in [-0.3, -0.25) is 0 Å². The number of nitrogens with one attached hydrogen (secondary N) is 1. The first-order valence-electron chi connectivity index (χ1n) is 5.97. The van der Waals surface area contributed by atoms with Crippen LogP contribution in [0.1, 0.15) is 30.9 Å². The number of rotatable bonds is 4. The molecule has 0 radical (unpaired) electrons. The zero-order valence-corrected chi connectivity index (χ0v) is 10.6. The summed E-state index contributed by atoms with van der Waals surface area (Å²) in [5.41, 5.74) is 2.66. The fourth-order valence-corrected chi connectivity index (χ4v) is 1.74. The second-order valence-corrected chi connectivity index (χ2v) is 4.61. The molecule has 0 saturated heterocycles. The van der Waals surface area contributed by atoms with E-state index < -0.39 is 0 Å². The lowest BCUT2D eigenvalue weighted by molar-refractivity contribution is 0.864. The average Bonchev–Trinajstić information content (AvgIpc) is 2.73. The van der Waals surface area contributed by atoms with Gasteiger partial charge in [0.25, 0.3) is 0 Å². The first-order valence-corrected chi connectivity index (χ1v) is 5.97. The van der Waals surface area contributed by atoms with Gasteiger partial charge in [0.15, 0.2) is 0 Å². The van der Waals surface area contributed by atoms with Crippen molar-refractivity contribution in [1.82, 2.24) is 9.55 Å². The number of anilines is 1. The highest BCUT2D eigenvalue weighted by Gasteiger charge is 2.00. The standard InChI is InChI=1S/C14H19N3/c1-11(2)13-6-4-12(5-7-13)10-16-14-15-8-9-17(14)3/h4-9,11H,10H2,1-3H3,(H,15,16). The van der Waals surface area contributed by atoms with Crippen LogP contribution < -0.4 is 5.32 Å². The van der Waals surface area contributed by atoms with E-state index in [1.54, 1.807) is 6.20 Å². The Balaban J connectivity index is 1.98. The normalized spacial score (nSPS) is 10.8. The van der Waals surface area contributed by atoms with Gasteiger partial charge in [0.05, 0.1) is 0 Å². The number of benzene rings is 1. The highest BCUT2D eigenvalue weighted by atomic mass is 15.2. The molecule has 0 unspecified atom stereocenters. The van der Waals surface area contributed by atoms with Crippen LogP contribution in [0.15, 0.2) is 36.7 Å². The number of nitrogens with zero attached hydrogens (tertiary/aromatic N) is 2. The second-order valence-electron chi connectivity index (χ2n) is 4.61. The Morgan fingerprint density at radius 2 is 1.94 bits per heavy atom. The summed E-state index contributed by atoms with van der Waals surface area (Å²) in [6.45, 7) is 5.23. The fraction of sp³-hybridized carbons (Fsp3) is 0.357. The van der Waals surface area contributed by atoms with Gasteiger partial charge in [-0.15, -0.1) is 0 Å². The van der Waals surface area contributed by atoms with Crippen LogP contribution in [-0.2, 0) is 13.6 Å². The van der Waals surface area contributed by atoms with Crippen molar-refractivity contribution < 1.29 is 0 Å².